The summed E-state index contributed by atoms with van der Waals surface area (Å²) in [5.41, 5.74) is 8.97. The molecule has 5 nitrogen and oxygen atoms in total. The van der Waals surface area contributed by atoms with Crippen LogP contribution in [0.5, 0.6) is 0 Å². The van der Waals surface area contributed by atoms with Crippen molar-refractivity contribution in [2.75, 3.05) is 17.7 Å². The quantitative estimate of drug-likeness (QED) is 0.900. The molecule has 0 aliphatic carbocycles. The van der Waals surface area contributed by atoms with Crippen molar-refractivity contribution in [1.29, 1.82) is 0 Å². The number of furan rings is 1. The van der Waals surface area contributed by atoms with Gasteiger partial charge in [0.25, 0.3) is 0 Å². The molecule has 2 aromatic heterocycles. The first kappa shape index (κ1) is 13.5. The minimum atomic E-state index is 0.761. The Morgan fingerprint density at radius 1 is 1.42 bits per heavy atom. The molecule has 2 rings (SSSR count). The van der Waals surface area contributed by atoms with E-state index in [9.17, 15) is 0 Å². The molecule has 0 spiro atoms. The summed E-state index contributed by atoms with van der Waals surface area (Å²) in [5, 5.41) is 4.50. The SMILES string of the molecule is CCCn1nc(C)c(N)c1N(C)Cc1ccoc1C. The Hall–Kier alpha value is -1.91. The van der Waals surface area contributed by atoms with Crippen LogP contribution in [0.25, 0.3) is 0 Å². The summed E-state index contributed by atoms with van der Waals surface area (Å²) in [6.45, 7) is 7.70. The van der Waals surface area contributed by atoms with Crippen molar-refractivity contribution in [3.8, 4) is 0 Å². The van der Waals surface area contributed by atoms with E-state index < -0.39 is 0 Å². The Morgan fingerprint density at radius 2 is 2.16 bits per heavy atom. The van der Waals surface area contributed by atoms with E-state index in [1.54, 1.807) is 6.26 Å². The number of nitrogens with zero attached hydrogens (tertiary/aromatic N) is 3. The van der Waals surface area contributed by atoms with Crippen LogP contribution in [0.3, 0.4) is 0 Å². The van der Waals surface area contributed by atoms with Gasteiger partial charge in [-0.15, -0.1) is 0 Å². The Labute approximate surface area is 114 Å². The highest BCUT2D eigenvalue weighted by molar-refractivity contribution is 5.66. The van der Waals surface area contributed by atoms with Crippen LogP contribution in [-0.2, 0) is 13.1 Å². The summed E-state index contributed by atoms with van der Waals surface area (Å²) in [6.07, 6.45) is 2.75. The lowest BCUT2D eigenvalue weighted by molar-refractivity contribution is 0.528. The third-order valence-electron chi connectivity index (χ3n) is 3.32. The van der Waals surface area contributed by atoms with E-state index in [0.717, 1.165) is 42.5 Å². The molecule has 2 N–H and O–H groups in total. The molecule has 0 fully saturated rings. The van der Waals surface area contributed by atoms with Crippen molar-refractivity contribution < 1.29 is 4.42 Å². The van der Waals surface area contributed by atoms with E-state index in [0.29, 0.717) is 0 Å². The van der Waals surface area contributed by atoms with Crippen molar-refractivity contribution in [3.63, 3.8) is 0 Å². The minimum absolute atomic E-state index is 0.761. The monoisotopic (exact) mass is 262 g/mol. The molecule has 0 amide bonds. The van der Waals surface area contributed by atoms with Gasteiger partial charge < -0.3 is 15.1 Å². The average molecular weight is 262 g/mol. The lowest BCUT2D eigenvalue weighted by Crippen LogP contribution is -2.21. The van der Waals surface area contributed by atoms with Gasteiger partial charge in [-0.2, -0.15) is 5.10 Å². The summed E-state index contributed by atoms with van der Waals surface area (Å²) < 4.78 is 7.32. The van der Waals surface area contributed by atoms with Gasteiger partial charge in [0.15, 0.2) is 5.82 Å². The predicted molar refractivity (Wildman–Crippen MR) is 77.2 cm³/mol. The summed E-state index contributed by atoms with van der Waals surface area (Å²) in [7, 11) is 2.03. The van der Waals surface area contributed by atoms with Gasteiger partial charge in [0.1, 0.15) is 5.76 Å². The molecular weight excluding hydrogens is 240 g/mol. The van der Waals surface area contributed by atoms with E-state index in [1.165, 1.54) is 5.56 Å². The van der Waals surface area contributed by atoms with Crippen molar-refractivity contribution >= 4 is 11.5 Å². The number of hydrogen-bond acceptors (Lipinski definition) is 4. The number of rotatable bonds is 5. The molecule has 5 heteroatoms. The van der Waals surface area contributed by atoms with E-state index in [4.69, 9.17) is 10.2 Å². The standard InChI is InChI=1S/C14H22N4O/c1-5-7-18-14(13(15)10(2)16-18)17(4)9-12-6-8-19-11(12)3/h6,8H,5,7,9,15H2,1-4H3. The van der Waals surface area contributed by atoms with Gasteiger partial charge in [-0.1, -0.05) is 6.92 Å². The normalized spacial score (nSPS) is 10.9. The maximum absolute atomic E-state index is 6.15. The molecule has 0 saturated heterocycles. The number of nitrogens with two attached hydrogens (primary N) is 1. The minimum Gasteiger partial charge on any atom is -0.469 e. The zero-order valence-corrected chi connectivity index (χ0v) is 12.1. The molecular formula is C14H22N4O. The van der Waals surface area contributed by atoms with Gasteiger partial charge in [0, 0.05) is 25.7 Å². The Kier molecular flexibility index (Phi) is 3.83. The Morgan fingerprint density at radius 3 is 2.74 bits per heavy atom. The van der Waals surface area contributed by atoms with Crippen LogP contribution in [0.15, 0.2) is 16.7 Å². The molecule has 104 valence electrons. The molecule has 0 unspecified atom stereocenters. The third-order valence-corrected chi connectivity index (χ3v) is 3.32. The highest BCUT2D eigenvalue weighted by Gasteiger charge is 2.17. The molecule has 0 aliphatic rings. The second-order valence-corrected chi connectivity index (χ2v) is 4.90. The highest BCUT2D eigenvalue weighted by atomic mass is 16.3. The van der Waals surface area contributed by atoms with Crippen LogP contribution >= 0.6 is 0 Å². The van der Waals surface area contributed by atoms with E-state index in [1.807, 2.05) is 31.6 Å². The molecule has 0 saturated carbocycles. The smallest absolute Gasteiger partial charge is 0.150 e. The second-order valence-electron chi connectivity index (χ2n) is 4.90. The largest absolute Gasteiger partial charge is 0.469 e. The summed E-state index contributed by atoms with van der Waals surface area (Å²) in [5.74, 6) is 1.93. The molecule has 0 atom stereocenters. The number of nitrogen functional groups attached to an aromatic ring is 1. The van der Waals surface area contributed by atoms with Crippen molar-refractivity contribution in [2.24, 2.45) is 0 Å². The fraction of sp³-hybridized carbons (Fsp3) is 0.500. The number of hydrogen-bond donors (Lipinski definition) is 1. The zero-order chi connectivity index (χ0) is 14.0. The molecule has 0 bridgehead atoms. The van der Waals surface area contributed by atoms with Gasteiger partial charge in [-0.25, -0.2) is 4.68 Å². The van der Waals surface area contributed by atoms with Crippen LogP contribution < -0.4 is 10.6 Å². The Balaban J connectivity index is 2.27. The third kappa shape index (κ3) is 2.59. The zero-order valence-electron chi connectivity index (χ0n) is 12.1. The van der Waals surface area contributed by atoms with Gasteiger partial charge in [0.2, 0.25) is 0 Å². The summed E-state index contributed by atoms with van der Waals surface area (Å²) >= 11 is 0. The second kappa shape index (κ2) is 5.38. The maximum atomic E-state index is 6.15. The summed E-state index contributed by atoms with van der Waals surface area (Å²) in [6, 6.07) is 2.00. The van der Waals surface area contributed by atoms with Gasteiger partial charge in [-0.05, 0) is 26.3 Å². The molecule has 2 aromatic rings. The topological polar surface area (TPSA) is 60.2 Å². The van der Waals surface area contributed by atoms with Crippen LogP contribution in [-0.4, -0.2) is 16.8 Å². The first-order chi connectivity index (χ1) is 9.04. The van der Waals surface area contributed by atoms with E-state index in [2.05, 4.69) is 16.9 Å². The number of aryl methyl sites for hydroxylation is 3. The average Bonchev–Trinajstić information content (AvgIpc) is 2.86. The van der Waals surface area contributed by atoms with E-state index in [-0.39, 0.29) is 0 Å². The molecule has 0 radical (unpaired) electrons. The van der Waals surface area contributed by atoms with E-state index >= 15 is 0 Å². The molecule has 0 aliphatic heterocycles. The van der Waals surface area contributed by atoms with Gasteiger partial charge >= 0.3 is 0 Å². The fourth-order valence-corrected chi connectivity index (χ4v) is 2.26. The first-order valence-corrected chi connectivity index (χ1v) is 6.61. The number of aromatic nitrogens is 2. The van der Waals surface area contributed by atoms with Gasteiger partial charge in [-0.3, -0.25) is 0 Å². The summed E-state index contributed by atoms with van der Waals surface area (Å²) in [4.78, 5) is 2.13. The van der Waals surface area contributed by atoms with Crippen molar-refractivity contribution in [1.82, 2.24) is 9.78 Å². The lowest BCUT2D eigenvalue weighted by Gasteiger charge is -2.20. The van der Waals surface area contributed by atoms with Crippen LogP contribution in [0.2, 0.25) is 0 Å². The number of anilines is 2. The molecule has 2 heterocycles. The first-order valence-electron chi connectivity index (χ1n) is 6.61. The maximum Gasteiger partial charge on any atom is 0.150 e. The Bertz CT molecular complexity index is 556. The van der Waals surface area contributed by atoms with Crippen LogP contribution in [0.1, 0.15) is 30.4 Å². The van der Waals surface area contributed by atoms with Crippen LogP contribution in [0.4, 0.5) is 11.5 Å². The molecule has 0 aromatic carbocycles. The predicted octanol–water partition coefficient (Wildman–Crippen LogP) is 2.72. The molecule has 19 heavy (non-hydrogen) atoms. The van der Waals surface area contributed by atoms with Crippen molar-refractivity contribution in [2.45, 2.75) is 40.3 Å². The van der Waals surface area contributed by atoms with Crippen molar-refractivity contribution in [3.05, 3.63) is 29.3 Å². The van der Waals surface area contributed by atoms with Gasteiger partial charge in [0.05, 0.1) is 17.6 Å². The highest BCUT2D eigenvalue weighted by Crippen LogP contribution is 2.27. The van der Waals surface area contributed by atoms with Crippen LogP contribution in [0, 0.1) is 13.8 Å². The fourth-order valence-electron chi connectivity index (χ4n) is 2.26. The lowest BCUT2D eigenvalue weighted by atomic mass is 10.2.